The van der Waals surface area contributed by atoms with Crippen LogP contribution in [0.1, 0.15) is 24.3 Å². The molecule has 3 heterocycles. The summed E-state index contributed by atoms with van der Waals surface area (Å²) in [5, 5.41) is 7.15. The Labute approximate surface area is 197 Å². The molecule has 1 aliphatic rings. The highest BCUT2D eigenvalue weighted by Crippen LogP contribution is 2.23. The van der Waals surface area contributed by atoms with Gasteiger partial charge >= 0.3 is 5.69 Å². The van der Waals surface area contributed by atoms with E-state index in [4.69, 9.17) is 4.52 Å². The number of nitrogens with one attached hydrogen (secondary N) is 1. The van der Waals surface area contributed by atoms with Crippen LogP contribution in [0.2, 0.25) is 0 Å². The van der Waals surface area contributed by atoms with Crippen LogP contribution in [0.5, 0.6) is 0 Å². The third-order valence-corrected chi connectivity index (χ3v) is 6.55. The number of fused-ring (bicyclic) bond motifs is 1. The van der Waals surface area contributed by atoms with Gasteiger partial charge in [-0.05, 0) is 44.5 Å². The number of aryl methyl sites for hydroxylation is 3. The Balaban J connectivity index is 1.23. The molecule has 176 valence electrons. The second-order valence-corrected chi connectivity index (χ2v) is 9.05. The topological polar surface area (TPSA) is 98.2 Å². The number of imidazole rings is 1. The van der Waals surface area contributed by atoms with Crippen molar-refractivity contribution in [2.45, 2.75) is 26.3 Å². The fraction of sp³-hybridized carbons (Fsp3) is 0.360. The van der Waals surface area contributed by atoms with Crippen LogP contribution in [0.4, 0.5) is 5.69 Å². The summed E-state index contributed by atoms with van der Waals surface area (Å²) in [5.74, 6) is 0.971. The monoisotopic (exact) mass is 460 g/mol. The van der Waals surface area contributed by atoms with Gasteiger partial charge in [-0.15, -0.1) is 0 Å². The summed E-state index contributed by atoms with van der Waals surface area (Å²) in [6.45, 7) is 4.06. The second kappa shape index (κ2) is 8.90. The molecule has 1 unspecified atom stereocenters. The summed E-state index contributed by atoms with van der Waals surface area (Å²) in [6, 6.07) is 13.6. The molecular formula is C25H28N6O3. The molecule has 1 atom stereocenters. The molecule has 1 amide bonds. The number of piperidine rings is 1. The van der Waals surface area contributed by atoms with Crippen LogP contribution in [0.25, 0.3) is 22.4 Å². The van der Waals surface area contributed by atoms with Crippen LogP contribution in [0.3, 0.4) is 0 Å². The molecule has 0 spiro atoms. The molecule has 0 saturated carbocycles. The van der Waals surface area contributed by atoms with E-state index in [9.17, 15) is 9.59 Å². The number of benzene rings is 2. The number of rotatable bonds is 5. The van der Waals surface area contributed by atoms with Gasteiger partial charge in [0.25, 0.3) is 0 Å². The van der Waals surface area contributed by atoms with Gasteiger partial charge < -0.3 is 9.84 Å². The van der Waals surface area contributed by atoms with Crippen molar-refractivity contribution in [3.63, 3.8) is 0 Å². The summed E-state index contributed by atoms with van der Waals surface area (Å²) >= 11 is 0. The Morgan fingerprint density at radius 1 is 1.12 bits per heavy atom. The minimum absolute atomic E-state index is 0.0177. The van der Waals surface area contributed by atoms with Gasteiger partial charge in [-0.2, -0.15) is 4.98 Å². The zero-order chi connectivity index (χ0) is 23.8. The molecule has 1 fully saturated rings. The van der Waals surface area contributed by atoms with Crippen molar-refractivity contribution >= 4 is 22.6 Å². The fourth-order valence-electron chi connectivity index (χ4n) is 4.57. The Morgan fingerprint density at radius 2 is 1.88 bits per heavy atom. The molecule has 1 N–H and O–H groups in total. The Bertz CT molecular complexity index is 1400. The molecule has 5 rings (SSSR count). The van der Waals surface area contributed by atoms with E-state index in [2.05, 4.69) is 20.4 Å². The third-order valence-electron chi connectivity index (χ3n) is 6.55. The molecule has 4 aromatic rings. The van der Waals surface area contributed by atoms with E-state index >= 15 is 0 Å². The number of nitrogens with zero attached hydrogens (tertiary/aromatic N) is 5. The van der Waals surface area contributed by atoms with Crippen LogP contribution in [0.15, 0.2) is 51.8 Å². The van der Waals surface area contributed by atoms with Gasteiger partial charge in [0.05, 0.1) is 23.5 Å². The van der Waals surface area contributed by atoms with Crippen molar-refractivity contribution in [2.24, 2.45) is 20.0 Å². The van der Waals surface area contributed by atoms with Gasteiger partial charge in [0.15, 0.2) is 0 Å². The van der Waals surface area contributed by atoms with Crippen LogP contribution >= 0.6 is 0 Å². The smallest absolute Gasteiger partial charge is 0.328 e. The highest BCUT2D eigenvalue weighted by molar-refractivity contribution is 5.94. The van der Waals surface area contributed by atoms with Crippen molar-refractivity contribution in [1.29, 1.82) is 0 Å². The minimum Gasteiger partial charge on any atom is -0.338 e. The van der Waals surface area contributed by atoms with Gasteiger partial charge in [-0.25, -0.2) is 4.79 Å². The van der Waals surface area contributed by atoms with E-state index in [0.29, 0.717) is 30.5 Å². The number of hydrogen-bond donors (Lipinski definition) is 1. The molecule has 9 heteroatoms. The summed E-state index contributed by atoms with van der Waals surface area (Å²) in [4.78, 5) is 31.9. The average molecular weight is 461 g/mol. The van der Waals surface area contributed by atoms with Gasteiger partial charge in [0.1, 0.15) is 0 Å². The maximum Gasteiger partial charge on any atom is 0.328 e. The molecule has 0 radical (unpaired) electrons. The molecule has 2 aromatic carbocycles. The molecule has 0 bridgehead atoms. The lowest BCUT2D eigenvalue weighted by Gasteiger charge is -2.30. The predicted octanol–water partition coefficient (Wildman–Crippen LogP) is 3.09. The summed E-state index contributed by atoms with van der Waals surface area (Å²) in [7, 11) is 3.48. The van der Waals surface area contributed by atoms with E-state index in [-0.39, 0.29) is 17.5 Å². The van der Waals surface area contributed by atoms with E-state index in [1.807, 2.05) is 49.4 Å². The lowest BCUT2D eigenvalue weighted by molar-refractivity contribution is -0.121. The molecule has 1 aliphatic heterocycles. The summed E-state index contributed by atoms with van der Waals surface area (Å²) in [6.07, 6.45) is 1.75. The first-order chi connectivity index (χ1) is 16.4. The molecule has 2 aromatic heterocycles. The van der Waals surface area contributed by atoms with E-state index in [0.717, 1.165) is 36.0 Å². The van der Waals surface area contributed by atoms with Crippen molar-refractivity contribution in [3.8, 4) is 11.4 Å². The van der Waals surface area contributed by atoms with Gasteiger partial charge in [0, 0.05) is 31.9 Å². The van der Waals surface area contributed by atoms with Gasteiger partial charge in [0.2, 0.25) is 17.6 Å². The van der Waals surface area contributed by atoms with Gasteiger partial charge in [-0.3, -0.25) is 18.8 Å². The van der Waals surface area contributed by atoms with E-state index < -0.39 is 0 Å². The zero-order valence-corrected chi connectivity index (χ0v) is 19.6. The highest BCUT2D eigenvalue weighted by Gasteiger charge is 2.27. The maximum atomic E-state index is 13.0. The number of carbonyl (C=O) groups is 1. The first kappa shape index (κ1) is 22.1. The van der Waals surface area contributed by atoms with Gasteiger partial charge in [-0.1, -0.05) is 35.0 Å². The quantitative estimate of drug-likeness (QED) is 0.492. The molecule has 0 aliphatic carbocycles. The van der Waals surface area contributed by atoms with Crippen LogP contribution < -0.4 is 11.0 Å². The summed E-state index contributed by atoms with van der Waals surface area (Å²) < 4.78 is 8.66. The molecular weight excluding hydrogens is 432 g/mol. The first-order valence-electron chi connectivity index (χ1n) is 11.5. The second-order valence-electron chi connectivity index (χ2n) is 9.05. The third kappa shape index (κ3) is 4.26. The predicted molar refractivity (Wildman–Crippen MR) is 129 cm³/mol. The van der Waals surface area contributed by atoms with E-state index in [1.165, 1.54) is 5.56 Å². The van der Waals surface area contributed by atoms with Crippen molar-refractivity contribution in [3.05, 3.63) is 64.4 Å². The van der Waals surface area contributed by atoms with Crippen LogP contribution in [-0.2, 0) is 25.4 Å². The molecule has 9 nitrogen and oxygen atoms in total. The van der Waals surface area contributed by atoms with Crippen LogP contribution in [0, 0.1) is 12.8 Å². The standard InChI is InChI=1S/C25H28N6O3/c1-16-6-8-17(9-7-16)23-27-22(34-28-23)15-31-12-4-5-18(14-31)24(32)26-19-10-11-20-21(13-19)30(3)25(33)29(20)2/h6-11,13,18H,4-5,12,14-15H2,1-3H3,(H,26,32). The van der Waals surface area contributed by atoms with Crippen molar-refractivity contribution in [2.75, 3.05) is 18.4 Å². The SMILES string of the molecule is Cc1ccc(-c2noc(CN3CCCC(C(=O)Nc4ccc5c(c4)n(C)c(=O)n5C)C3)n2)cc1. The molecule has 1 saturated heterocycles. The fourth-order valence-corrected chi connectivity index (χ4v) is 4.57. The lowest BCUT2D eigenvalue weighted by atomic mass is 9.97. The highest BCUT2D eigenvalue weighted by atomic mass is 16.5. The number of likely N-dealkylation sites (tertiary alicyclic amines) is 1. The molecule has 34 heavy (non-hydrogen) atoms. The Hall–Kier alpha value is -3.72. The Morgan fingerprint density at radius 3 is 2.68 bits per heavy atom. The van der Waals surface area contributed by atoms with Crippen molar-refractivity contribution < 1.29 is 9.32 Å². The van der Waals surface area contributed by atoms with Crippen molar-refractivity contribution in [1.82, 2.24) is 24.2 Å². The largest absolute Gasteiger partial charge is 0.338 e. The van der Waals surface area contributed by atoms with E-state index in [1.54, 1.807) is 23.2 Å². The number of amides is 1. The number of carbonyl (C=O) groups excluding carboxylic acids is 1. The average Bonchev–Trinajstić information content (AvgIpc) is 3.39. The van der Waals surface area contributed by atoms with Crippen LogP contribution in [-0.4, -0.2) is 43.2 Å². The maximum absolute atomic E-state index is 13.0. The summed E-state index contributed by atoms with van der Waals surface area (Å²) in [5.41, 5.74) is 4.32. The lowest BCUT2D eigenvalue weighted by Crippen LogP contribution is -2.40. The Kier molecular flexibility index (Phi) is 5.79. The number of hydrogen-bond acceptors (Lipinski definition) is 6. The first-order valence-corrected chi connectivity index (χ1v) is 11.5. The normalized spacial score (nSPS) is 16.7. The number of anilines is 1. The minimum atomic E-state index is -0.136. The zero-order valence-electron chi connectivity index (χ0n) is 19.6. The number of aromatic nitrogens is 4.